The maximum atomic E-state index is 10.7. The van der Waals surface area contributed by atoms with E-state index in [4.69, 9.17) is 13.0 Å². The van der Waals surface area contributed by atoms with Gasteiger partial charge in [-0.25, -0.2) is 0 Å². The summed E-state index contributed by atoms with van der Waals surface area (Å²) in [6.45, 7) is 4.25. The summed E-state index contributed by atoms with van der Waals surface area (Å²) in [4.78, 5) is 0. The number of alkyl halides is 3. The van der Waals surface area contributed by atoms with E-state index in [0.29, 0.717) is 0 Å². The topological polar surface area (TPSA) is 54.4 Å². The van der Waals surface area contributed by atoms with Gasteiger partial charge in [0, 0.05) is 0 Å². The summed E-state index contributed by atoms with van der Waals surface area (Å²) < 4.78 is 57.5. The second-order valence-electron chi connectivity index (χ2n) is 1.63. The van der Waals surface area contributed by atoms with Crippen molar-refractivity contribution in [3.8, 4) is 0 Å². The van der Waals surface area contributed by atoms with E-state index < -0.39 is 15.6 Å². The zero-order valence-electron chi connectivity index (χ0n) is 6.01. The number of rotatable bonds is 0. The van der Waals surface area contributed by atoms with E-state index in [1.807, 2.05) is 0 Å². The Bertz CT molecular complexity index is 181. The molecule has 0 aromatic rings. The molecule has 7 heteroatoms. The van der Waals surface area contributed by atoms with E-state index >= 15 is 0 Å². The van der Waals surface area contributed by atoms with Gasteiger partial charge in [0.05, 0.1) is 0 Å². The minimum Gasteiger partial charge on any atom is -0.279 e. The Hall–Kier alpha value is -0.300. The third-order valence-corrected chi connectivity index (χ3v) is 0.877. The first-order valence-corrected chi connectivity index (χ1v) is 4.14. The predicted octanol–water partition coefficient (Wildman–Crippen LogP) is 1.81. The van der Waals surface area contributed by atoms with Gasteiger partial charge in [0.15, 0.2) is 0 Å². The Kier molecular flexibility index (Phi) is 5.50. The van der Waals surface area contributed by atoms with Crippen LogP contribution < -0.4 is 0 Å². The van der Waals surface area contributed by atoms with Crippen molar-refractivity contribution in [2.24, 2.45) is 0 Å². The minimum absolute atomic E-state index is 1.25. The predicted molar refractivity (Wildman–Crippen MR) is 33.6 cm³/mol. The third kappa shape index (κ3) is 7.60. The van der Waals surface area contributed by atoms with Crippen molar-refractivity contribution in [1.82, 2.24) is 0 Å². The maximum Gasteiger partial charge on any atom is 0.522 e. The van der Waals surface area contributed by atoms with Gasteiger partial charge in [0.1, 0.15) is 0 Å². The van der Waals surface area contributed by atoms with Crippen LogP contribution in [0.15, 0.2) is 0 Å². The van der Waals surface area contributed by atoms with Gasteiger partial charge in [-0.2, -0.15) is 21.6 Å². The molecule has 0 amide bonds. The summed E-state index contributed by atoms with van der Waals surface area (Å²) in [6, 6.07) is 0. The normalized spacial score (nSPS) is 11.8. The Morgan fingerprint density at radius 1 is 1.27 bits per heavy atom. The molecule has 0 atom stereocenters. The molecule has 0 aliphatic rings. The maximum absolute atomic E-state index is 10.7. The van der Waals surface area contributed by atoms with Crippen LogP contribution in [-0.4, -0.2) is 18.5 Å². The molecule has 70 valence electrons. The van der Waals surface area contributed by atoms with Crippen molar-refractivity contribution < 1.29 is 26.1 Å². The van der Waals surface area contributed by atoms with Crippen molar-refractivity contribution in [2.75, 3.05) is 0 Å². The highest BCUT2D eigenvalue weighted by Gasteiger charge is 2.44. The second kappa shape index (κ2) is 4.55. The zero-order valence-corrected chi connectivity index (χ0v) is 6.83. The molecule has 11 heavy (non-hydrogen) atoms. The van der Waals surface area contributed by atoms with E-state index in [2.05, 4.69) is 13.8 Å². The molecule has 0 rings (SSSR count). The van der Waals surface area contributed by atoms with E-state index in [-0.39, 0.29) is 0 Å². The van der Waals surface area contributed by atoms with Gasteiger partial charge in [-0.05, 0) is 0 Å². The van der Waals surface area contributed by atoms with Crippen LogP contribution in [0.5, 0.6) is 0 Å². The van der Waals surface area contributed by atoms with Crippen LogP contribution in [0.2, 0.25) is 0 Å². The Morgan fingerprint density at radius 2 is 1.36 bits per heavy atom. The number of halogens is 3. The van der Waals surface area contributed by atoms with E-state index in [1.54, 1.807) is 0 Å². The molecule has 0 radical (unpaired) electrons. The summed E-state index contributed by atoms with van der Waals surface area (Å²) in [6.07, 6.45) is 1.25. The molecule has 0 saturated heterocycles. The fourth-order valence-corrected chi connectivity index (χ4v) is 0. The van der Waals surface area contributed by atoms with E-state index in [0.717, 1.165) is 0 Å². The fourth-order valence-electron chi connectivity index (χ4n) is 0. The van der Waals surface area contributed by atoms with Gasteiger partial charge in [-0.1, -0.05) is 20.3 Å². The third-order valence-electron chi connectivity index (χ3n) is 0.292. The van der Waals surface area contributed by atoms with Crippen molar-refractivity contribution in [1.29, 1.82) is 0 Å². The van der Waals surface area contributed by atoms with Gasteiger partial charge in [-0.3, -0.25) is 4.55 Å². The monoisotopic (exact) mass is 194 g/mol. The van der Waals surface area contributed by atoms with Crippen LogP contribution in [0.1, 0.15) is 20.3 Å². The molecule has 0 unspecified atom stereocenters. The van der Waals surface area contributed by atoms with Crippen LogP contribution in [0.3, 0.4) is 0 Å². The molecule has 0 spiro atoms. The second-order valence-corrected chi connectivity index (χ2v) is 3.04. The highest BCUT2D eigenvalue weighted by Crippen LogP contribution is 2.20. The van der Waals surface area contributed by atoms with Crippen LogP contribution >= 0.6 is 0 Å². The molecule has 0 heterocycles. The van der Waals surface area contributed by atoms with Crippen molar-refractivity contribution in [2.45, 2.75) is 25.8 Å². The molecule has 0 fully saturated rings. The quantitative estimate of drug-likeness (QED) is 0.472. The van der Waals surface area contributed by atoms with Gasteiger partial charge in [-0.15, -0.1) is 0 Å². The Labute approximate surface area is 63.0 Å². The molecule has 0 saturated carbocycles. The highest BCUT2D eigenvalue weighted by atomic mass is 32.2. The molecule has 0 bridgehead atoms. The minimum atomic E-state index is -5.84. The first kappa shape index (κ1) is 13.3. The lowest BCUT2D eigenvalue weighted by Gasteiger charge is -1.97. The van der Waals surface area contributed by atoms with Crippen molar-refractivity contribution in [3.05, 3.63) is 0 Å². The van der Waals surface area contributed by atoms with Crippen molar-refractivity contribution in [3.63, 3.8) is 0 Å². The average Bonchev–Trinajstić information content (AvgIpc) is 1.60. The zero-order chi connectivity index (χ0) is 9.71. The van der Waals surface area contributed by atoms with Gasteiger partial charge >= 0.3 is 15.6 Å². The first-order valence-electron chi connectivity index (χ1n) is 2.70. The molecule has 1 N–H and O–H groups in total. The standard InChI is InChI=1S/C3H8.CHF3O3S/c1-3-2;2-1(3,4)8(5,6)7/h3H2,1-2H3;(H,5,6,7). The summed E-state index contributed by atoms with van der Waals surface area (Å²) in [5, 5.41) is 0. The first-order chi connectivity index (χ1) is 4.66. The lowest BCUT2D eigenvalue weighted by Crippen LogP contribution is -2.21. The molecular weight excluding hydrogens is 185 g/mol. The molecule has 3 nitrogen and oxygen atoms in total. The van der Waals surface area contributed by atoms with Crippen LogP contribution in [0.4, 0.5) is 13.2 Å². The largest absolute Gasteiger partial charge is 0.522 e. The lowest BCUT2D eigenvalue weighted by atomic mass is 10.6. The SMILES string of the molecule is CCC.O=S(=O)(O)C(F)(F)F. The molecule has 0 aliphatic heterocycles. The Morgan fingerprint density at radius 3 is 1.36 bits per heavy atom. The highest BCUT2D eigenvalue weighted by molar-refractivity contribution is 7.86. The molecule has 0 aromatic heterocycles. The smallest absolute Gasteiger partial charge is 0.279 e. The number of hydrogen-bond donors (Lipinski definition) is 1. The summed E-state index contributed by atoms with van der Waals surface area (Å²) in [5.74, 6) is 0. The molecular formula is C4H9F3O3S. The molecule has 0 aromatic carbocycles. The van der Waals surface area contributed by atoms with Crippen LogP contribution in [0.25, 0.3) is 0 Å². The van der Waals surface area contributed by atoms with E-state index in [9.17, 15) is 13.2 Å². The molecule has 0 aliphatic carbocycles. The van der Waals surface area contributed by atoms with Gasteiger partial charge in [0.25, 0.3) is 0 Å². The van der Waals surface area contributed by atoms with Gasteiger partial charge in [0.2, 0.25) is 0 Å². The van der Waals surface area contributed by atoms with Gasteiger partial charge < -0.3 is 0 Å². The van der Waals surface area contributed by atoms with Crippen molar-refractivity contribution >= 4 is 10.1 Å². The Balaban J connectivity index is 0. The van der Waals surface area contributed by atoms with Crippen LogP contribution in [0, 0.1) is 0 Å². The van der Waals surface area contributed by atoms with E-state index in [1.165, 1.54) is 6.42 Å². The average molecular weight is 194 g/mol. The summed E-state index contributed by atoms with van der Waals surface area (Å²) in [7, 11) is -5.84. The lowest BCUT2D eigenvalue weighted by molar-refractivity contribution is -0.0510. The van der Waals surface area contributed by atoms with Crippen LogP contribution in [-0.2, 0) is 10.1 Å². The summed E-state index contributed by atoms with van der Waals surface area (Å²) >= 11 is 0. The number of hydrogen-bond acceptors (Lipinski definition) is 2. The fraction of sp³-hybridized carbons (Fsp3) is 1.00. The summed E-state index contributed by atoms with van der Waals surface area (Å²) in [5.41, 5.74) is -5.53.